The lowest BCUT2D eigenvalue weighted by Gasteiger charge is -2.35. The maximum Gasteiger partial charge on any atom is 0.146 e. The fraction of sp³-hybridized carbons (Fsp3) is 0. The Labute approximate surface area is 253 Å². The van der Waals surface area contributed by atoms with Gasteiger partial charge in [-0.05, 0) is 40.6 Å². The van der Waals surface area contributed by atoms with Gasteiger partial charge in [-0.15, -0.1) is 0 Å². The minimum Gasteiger partial charge on any atom is -0.455 e. The molecule has 9 aromatic rings. The van der Waals surface area contributed by atoms with Gasteiger partial charge in [-0.25, -0.2) is 4.98 Å². The molecular weight excluding hydrogens is 536 g/mol. The predicted octanol–water partition coefficient (Wildman–Crippen LogP) is 11.6. The van der Waals surface area contributed by atoms with Gasteiger partial charge in [-0.3, -0.25) is 4.90 Å². The zero-order valence-corrected chi connectivity index (χ0v) is 23.7. The summed E-state index contributed by atoms with van der Waals surface area (Å²) in [6, 6.07) is 51.8. The molecule has 0 atom stereocenters. The van der Waals surface area contributed by atoms with Crippen LogP contribution in [0.4, 0.5) is 17.2 Å². The quantitative estimate of drug-likeness (QED) is 0.211. The van der Waals surface area contributed by atoms with Crippen LogP contribution in [0.15, 0.2) is 150 Å². The second kappa shape index (κ2) is 8.79. The molecule has 2 aromatic heterocycles. The Bertz CT molecular complexity index is 2620. The molecule has 0 spiro atoms. The number of hydrogen-bond donors (Lipinski definition) is 0. The van der Waals surface area contributed by atoms with E-state index < -0.39 is 0 Å². The fourth-order valence-electron chi connectivity index (χ4n) is 7.22. The molecule has 0 N–H and O–H groups in total. The van der Waals surface area contributed by atoms with Crippen molar-refractivity contribution in [1.29, 1.82) is 0 Å². The lowest BCUT2D eigenvalue weighted by Crippen LogP contribution is -2.18. The van der Waals surface area contributed by atoms with Gasteiger partial charge in [0.25, 0.3) is 0 Å². The molecule has 0 aliphatic carbocycles. The molecule has 0 amide bonds. The predicted molar refractivity (Wildman–Crippen MR) is 183 cm³/mol. The second-order valence-electron chi connectivity index (χ2n) is 11.5. The highest BCUT2D eigenvalue weighted by Gasteiger charge is 2.31. The number of rotatable bonds is 2. The largest absolute Gasteiger partial charge is 0.455 e. The Morgan fingerprint density at radius 2 is 1.18 bits per heavy atom. The number of aromatic nitrogens is 1. The van der Waals surface area contributed by atoms with Crippen molar-refractivity contribution >= 4 is 71.6 Å². The minimum absolute atomic E-state index is 0.876. The Kier molecular flexibility index (Phi) is 4.72. The maximum absolute atomic E-state index is 6.60. The number of para-hydroxylation sites is 3. The smallest absolute Gasteiger partial charge is 0.146 e. The van der Waals surface area contributed by atoms with Crippen molar-refractivity contribution < 1.29 is 4.42 Å². The van der Waals surface area contributed by atoms with E-state index in [2.05, 4.69) is 138 Å². The zero-order valence-electron chi connectivity index (χ0n) is 23.7. The van der Waals surface area contributed by atoms with Gasteiger partial charge >= 0.3 is 0 Å². The van der Waals surface area contributed by atoms with Gasteiger partial charge in [0.05, 0.1) is 16.9 Å². The van der Waals surface area contributed by atoms with Crippen molar-refractivity contribution in [2.45, 2.75) is 0 Å². The van der Waals surface area contributed by atoms with E-state index in [-0.39, 0.29) is 0 Å². The maximum atomic E-state index is 6.60. The van der Waals surface area contributed by atoms with Gasteiger partial charge in [0.1, 0.15) is 17.0 Å². The van der Waals surface area contributed by atoms with Crippen LogP contribution in [0.3, 0.4) is 0 Å². The van der Waals surface area contributed by atoms with Crippen LogP contribution >= 0.6 is 0 Å². The third kappa shape index (κ3) is 3.18. The number of fused-ring (bicyclic) bond motifs is 8. The lowest BCUT2D eigenvalue weighted by atomic mass is 9.88. The molecule has 1 aliphatic heterocycles. The normalized spacial score (nSPS) is 12.5. The van der Waals surface area contributed by atoms with Gasteiger partial charge in [-0.2, -0.15) is 0 Å². The molecule has 10 rings (SSSR count). The molecule has 3 heterocycles. The minimum atomic E-state index is 0.876. The Balaban J connectivity index is 1.39. The van der Waals surface area contributed by atoms with Crippen LogP contribution < -0.4 is 4.90 Å². The van der Waals surface area contributed by atoms with Crippen molar-refractivity contribution in [3.05, 3.63) is 146 Å². The van der Waals surface area contributed by atoms with Crippen molar-refractivity contribution in [2.24, 2.45) is 0 Å². The molecule has 7 aromatic carbocycles. The molecule has 3 nitrogen and oxygen atoms in total. The summed E-state index contributed by atoms with van der Waals surface area (Å²) >= 11 is 0. The number of hydrogen-bond acceptors (Lipinski definition) is 3. The molecule has 204 valence electrons. The highest BCUT2D eigenvalue weighted by Crippen LogP contribution is 2.55. The Morgan fingerprint density at radius 1 is 0.477 bits per heavy atom. The summed E-state index contributed by atoms with van der Waals surface area (Å²) in [5, 5.41) is 8.16. The molecule has 1 aliphatic rings. The van der Waals surface area contributed by atoms with E-state index in [0.717, 1.165) is 61.2 Å². The number of nitrogens with zero attached hydrogens (tertiary/aromatic N) is 2. The number of pyridine rings is 1. The molecule has 0 radical (unpaired) electrons. The first-order valence-electron chi connectivity index (χ1n) is 15.0. The van der Waals surface area contributed by atoms with E-state index >= 15 is 0 Å². The number of furan rings is 1. The van der Waals surface area contributed by atoms with E-state index in [9.17, 15) is 0 Å². The zero-order chi connectivity index (χ0) is 28.8. The number of anilines is 3. The van der Waals surface area contributed by atoms with Gasteiger partial charge in [0, 0.05) is 43.6 Å². The SMILES string of the molecule is c1ccc2nc(N3c4c(ccc5ccccc45)-c4cccc5cccc3c45)c(-c3cccc4c3oc3ccccc34)cc2c1. The van der Waals surface area contributed by atoms with Gasteiger partial charge in [0.2, 0.25) is 0 Å². The molecular formula is C41H24N2O. The summed E-state index contributed by atoms with van der Waals surface area (Å²) in [4.78, 5) is 7.88. The summed E-state index contributed by atoms with van der Waals surface area (Å²) in [6.07, 6.45) is 0. The van der Waals surface area contributed by atoms with Crippen LogP contribution in [-0.2, 0) is 0 Å². The molecule has 0 saturated carbocycles. The van der Waals surface area contributed by atoms with Crippen LogP contribution in [0.25, 0.3) is 76.6 Å². The lowest BCUT2D eigenvalue weighted by molar-refractivity contribution is 0.670. The van der Waals surface area contributed by atoms with Crippen LogP contribution in [0.5, 0.6) is 0 Å². The molecule has 0 fully saturated rings. The monoisotopic (exact) mass is 560 g/mol. The van der Waals surface area contributed by atoms with E-state index in [1.54, 1.807) is 0 Å². The summed E-state index contributed by atoms with van der Waals surface area (Å²) in [5.74, 6) is 0.885. The third-order valence-corrected chi connectivity index (χ3v) is 9.15. The summed E-state index contributed by atoms with van der Waals surface area (Å²) in [5.41, 5.74) is 9.50. The summed E-state index contributed by atoms with van der Waals surface area (Å²) in [7, 11) is 0. The average Bonchev–Trinajstić information content (AvgIpc) is 3.47. The molecule has 0 unspecified atom stereocenters. The van der Waals surface area contributed by atoms with E-state index in [1.807, 2.05) is 12.1 Å². The van der Waals surface area contributed by atoms with Crippen molar-refractivity contribution in [1.82, 2.24) is 4.98 Å². The first-order chi connectivity index (χ1) is 21.8. The van der Waals surface area contributed by atoms with Crippen LogP contribution in [0.2, 0.25) is 0 Å². The second-order valence-corrected chi connectivity index (χ2v) is 11.5. The van der Waals surface area contributed by atoms with Crippen molar-refractivity contribution in [3.8, 4) is 22.3 Å². The van der Waals surface area contributed by atoms with Gasteiger partial charge in [0.15, 0.2) is 0 Å². The standard InChI is InChI=1S/C41H24N2O/c1-3-14-28-25(10-1)22-23-31-30-16-7-12-26-13-8-20-36(38(26)30)43(39(28)31)41-34(24-27-11-2-5-19-35(27)42-41)33-18-9-17-32-29-15-4-6-21-37(29)44-40(32)33/h1-24H. The first-order valence-corrected chi connectivity index (χ1v) is 15.0. The van der Waals surface area contributed by atoms with Crippen LogP contribution in [0, 0.1) is 0 Å². The third-order valence-electron chi connectivity index (χ3n) is 9.15. The van der Waals surface area contributed by atoms with Gasteiger partial charge in [-0.1, -0.05) is 121 Å². The summed E-state index contributed by atoms with van der Waals surface area (Å²) in [6.45, 7) is 0. The van der Waals surface area contributed by atoms with E-state index in [0.29, 0.717) is 0 Å². The number of benzene rings is 7. The molecule has 0 bridgehead atoms. The van der Waals surface area contributed by atoms with E-state index in [1.165, 1.54) is 32.7 Å². The Hall–Kier alpha value is -5.93. The van der Waals surface area contributed by atoms with Crippen molar-refractivity contribution in [2.75, 3.05) is 4.90 Å². The summed E-state index contributed by atoms with van der Waals surface area (Å²) < 4.78 is 6.60. The molecule has 0 saturated heterocycles. The molecule has 44 heavy (non-hydrogen) atoms. The fourth-order valence-corrected chi connectivity index (χ4v) is 7.22. The highest BCUT2D eigenvalue weighted by atomic mass is 16.3. The van der Waals surface area contributed by atoms with Crippen LogP contribution in [0.1, 0.15) is 0 Å². The first kappa shape index (κ1) is 23.6. The van der Waals surface area contributed by atoms with Crippen LogP contribution in [-0.4, -0.2) is 4.98 Å². The van der Waals surface area contributed by atoms with E-state index in [4.69, 9.17) is 9.40 Å². The Morgan fingerprint density at radius 3 is 2.11 bits per heavy atom. The highest BCUT2D eigenvalue weighted by molar-refractivity contribution is 6.20. The average molecular weight is 561 g/mol. The topological polar surface area (TPSA) is 29.3 Å². The van der Waals surface area contributed by atoms with Crippen molar-refractivity contribution in [3.63, 3.8) is 0 Å². The van der Waals surface area contributed by atoms with Gasteiger partial charge < -0.3 is 4.42 Å². The molecule has 3 heteroatoms.